The minimum absolute atomic E-state index is 0.147. The standard InChI is InChI=1S/C14H11FN2O/c15-9-3-1-8(2-4-9)10-5-6-12(16)13-11(10)7-17-14(13)18/h1-6H,7,16H2,(H,17,18). The molecular formula is C14H11FN2O. The van der Waals surface area contributed by atoms with E-state index >= 15 is 0 Å². The molecule has 3 nitrogen and oxygen atoms in total. The Hall–Kier alpha value is -2.36. The minimum atomic E-state index is -0.278. The van der Waals surface area contributed by atoms with Crippen molar-refractivity contribution in [3.63, 3.8) is 0 Å². The number of nitrogen functional groups attached to an aromatic ring is 1. The molecule has 0 unspecified atom stereocenters. The summed E-state index contributed by atoms with van der Waals surface area (Å²) >= 11 is 0. The highest BCUT2D eigenvalue weighted by Crippen LogP contribution is 2.32. The van der Waals surface area contributed by atoms with E-state index in [1.54, 1.807) is 18.2 Å². The molecule has 2 aromatic carbocycles. The minimum Gasteiger partial charge on any atom is -0.398 e. The third kappa shape index (κ3) is 1.54. The number of carbonyl (C=O) groups excluding carboxylic acids is 1. The van der Waals surface area contributed by atoms with Crippen LogP contribution in [0.1, 0.15) is 15.9 Å². The maximum absolute atomic E-state index is 12.9. The molecule has 0 saturated heterocycles. The van der Waals surface area contributed by atoms with Crippen molar-refractivity contribution in [3.05, 3.63) is 53.3 Å². The normalized spacial score (nSPS) is 13.3. The molecule has 1 heterocycles. The topological polar surface area (TPSA) is 55.1 Å². The first-order chi connectivity index (χ1) is 8.66. The van der Waals surface area contributed by atoms with Crippen LogP contribution in [0.25, 0.3) is 11.1 Å². The van der Waals surface area contributed by atoms with Crippen LogP contribution in [0.4, 0.5) is 10.1 Å². The van der Waals surface area contributed by atoms with Crippen LogP contribution in [-0.2, 0) is 6.54 Å². The van der Waals surface area contributed by atoms with E-state index in [1.807, 2.05) is 6.07 Å². The molecule has 18 heavy (non-hydrogen) atoms. The molecule has 4 heteroatoms. The third-order valence-electron chi connectivity index (χ3n) is 3.15. The second-order valence-electron chi connectivity index (χ2n) is 4.25. The highest BCUT2D eigenvalue weighted by molar-refractivity contribution is 6.05. The number of amides is 1. The molecule has 1 amide bonds. The quantitative estimate of drug-likeness (QED) is 0.754. The Morgan fingerprint density at radius 1 is 1.11 bits per heavy atom. The van der Waals surface area contributed by atoms with Gasteiger partial charge in [0.2, 0.25) is 0 Å². The summed E-state index contributed by atoms with van der Waals surface area (Å²) in [4.78, 5) is 11.7. The number of anilines is 1. The van der Waals surface area contributed by atoms with Gasteiger partial charge in [-0.3, -0.25) is 4.79 Å². The zero-order chi connectivity index (χ0) is 12.7. The Balaban J connectivity index is 2.20. The van der Waals surface area contributed by atoms with Crippen LogP contribution in [0.3, 0.4) is 0 Å². The fourth-order valence-corrected chi connectivity index (χ4v) is 2.27. The highest BCUT2D eigenvalue weighted by atomic mass is 19.1. The Labute approximate surface area is 103 Å². The van der Waals surface area contributed by atoms with Crippen LogP contribution in [0, 0.1) is 5.82 Å². The number of hydrogen-bond donors (Lipinski definition) is 2. The van der Waals surface area contributed by atoms with E-state index in [0.29, 0.717) is 17.8 Å². The van der Waals surface area contributed by atoms with Gasteiger partial charge in [0.05, 0.1) is 5.56 Å². The van der Waals surface area contributed by atoms with E-state index in [-0.39, 0.29) is 11.7 Å². The number of halogens is 1. The molecule has 2 aromatic rings. The third-order valence-corrected chi connectivity index (χ3v) is 3.15. The fourth-order valence-electron chi connectivity index (χ4n) is 2.27. The molecule has 0 aromatic heterocycles. The number of rotatable bonds is 1. The monoisotopic (exact) mass is 242 g/mol. The first-order valence-corrected chi connectivity index (χ1v) is 5.62. The molecule has 3 rings (SSSR count). The van der Waals surface area contributed by atoms with E-state index in [1.165, 1.54) is 12.1 Å². The second kappa shape index (κ2) is 3.84. The molecule has 1 aliphatic heterocycles. The predicted octanol–water partition coefficient (Wildman–Crippen LogP) is 2.32. The molecular weight excluding hydrogens is 231 g/mol. The van der Waals surface area contributed by atoms with E-state index < -0.39 is 0 Å². The molecule has 1 aliphatic rings. The van der Waals surface area contributed by atoms with Crippen molar-refractivity contribution in [2.24, 2.45) is 0 Å². The fraction of sp³-hybridized carbons (Fsp3) is 0.0714. The summed E-state index contributed by atoms with van der Waals surface area (Å²) in [6.07, 6.45) is 0. The van der Waals surface area contributed by atoms with Gasteiger partial charge in [0.1, 0.15) is 5.82 Å². The number of carbonyl (C=O) groups is 1. The van der Waals surface area contributed by atoms with Crippen LogP contribution in [0.5, 0.6) is 0 Å². The molecule has 0 bridgehead atoms. The molecule has 90 valence electrons. The van der Waals surface area contributed by atoms with Gasteiger partial charge in [-0.25, -0.2) is 4.39 Å². The summed E-state index contributed by atoms with van der Waals surface area (Å²) in [6, 6.07) is 9.78. The zero-order valence-corrected chi connectivity index (χ0v) is 9.53. The zero-order valence-electron chi connectivity index (χ0n) is 9.53. The van der Waals surface area contributed by atoms with Crippen molar-refractivity contribution in [1.29, 1.82) is 0 Å². The summed E-state index contributed by atoms with van der Waals surface area (Å²) in [5.41, 5.74) is 9.50. The molecule has 0 saturated carbocycles. The van der Waals surface area contributed by atoms with E-state index in [0.717, 1.165) is 16.7 Å². The molecule has 0 fully saturated rings. The van der Waals surface area contributed by atoms with Crippen molar-refractivity contribution in [3.8, 4) is 11.1 Å². The number of nitrogens with one attached hydrogen (secondary N) is 1. The number of hydrogen-bond acceptors (Lipinski definition) is 2. The SMILES string of the molecule is Nc1ccc(-c2ccc(F)cc2)c2c1C(=O)NC2. The van der Waals surface area contributed by atoms with Gasteiger partial charge in [0.15, 0.2) is 0 Å². The lowest BCUT2D eigenvalue weighted by Gasteiger charge is -2.09. The van der Waals surface area contributed by atoms with E-state index in [9.17, 15) is 9.18 Å². The van der Waals surface area contributed by atoms with E-state index in [2.05, 4.69) is 5.32 Å². The maximum Gasteiger partial charge on any atom is 0.254 e. The number of nitrogens with two attached hydrogens (primary N) is 1. The summed E-state index contributed by atoms with van der Waals surface area (Å²) in [5.74, 6) is -0.425. The van der Waals surface area contributed by atoms with Gasteiger partial charge in [-0.2, -0.15) is 0 Å². The summed E-state index contributed by atoms with van der Waals surface area (Å²) in [7, 11) is 0. The van der Waals surface area contributed by atoms with Crippen molar-refractivity contribution >= 4 is 11.6 Å². The van der Waals surface area contributed by atoms with Gasteiger partial charge in [-0.15, -0.1) is 0 Å². The van der Waals surface area contributed by atoms with Crippen LogP contribution in [0.2, 0.25) is 0 Å². The Bertz CT molecular complexity index is 635. The Morgan fingerprint density at radius 2 is 1.83 bits per heavy atom. The number of benzene rings is 2. The first kappa shape index (κ1) is 10.8. The molecule has 0 spiro atoms. The Kier molecular flexibility index (Phi) is 2.30. The van der Waals surface area contributed by atoms with Crippen molar-refractivity contribution in [2.75, 3.05) is 5.73 Å². The average Bonchev–Trinajstić information content (AvgIpc) is 2.75. The van der Waals surface area contributed by atoms with Gasteiger partial charge in [0, 0.05) is 12.2 Å². The highest BCUT2D eigenvalue weighted by Gasteiger charge is 2.24. The largest absolute Gasteiger partial charge is 0.398 e. The van der Waals surface area contributed by atoms with Crippen LogP contribution in [-0.4, -0.2) is 5.91 Å². The predicted molar refractivity (Wildman–Crippen MR) is 67.4 cm³/mol. The van der Waals surface area contributed by atoms with Gasteiger partial charge >= 0.3 is 0 Å². The van der Waals surface area contributed by atoms with Gasteiger partial charge in [-0.1, -0.05) is 18.2 Å². The van der Waals surface area contributed by atoms with Crippen molar-refractivity contribution in [1.82, 2.24) is 5.32 Å². The molecule has 0 radical (unpaired) electrons. The van der Waals surface area contributed by atoms with Gasteiger partial charge in [-0.05, 0) is 34.9 Å². The summed E-state index contributed by atoms with van der Waals surface area (Å²) in [6.45, 7) is 0.464. The average molecular weight is 242 g/mol. The summed E-state index contributed by atoms with van der Waals surface area (Å²) in [5, 5.41) is 2.75. The van der Waals surface area contributed by atoms with Crippen molar-refractivity contribution in [2.45, 2.75) is 6.54 Å². The van der Waals surface area contributed by atoms with Crippen LogP contribution < -0.4 is 11.1 Å². The molecule has 3 N–H and O–H groups in total. The van der Waals surface area contributed by atoms with Crippen LogP contribution >= 0.6 is 0 Å². The maximum atomic E-state index is 12.9. The molecule has 0 atom stereocenters. The van der Waals surface area contributed by atoms with Crippen LogP contribution in [0.15, 0.2) is 36.4 Å². The smallest absolute Gasteiger partial charge is 0.254 e. The summed E-state index contributed by atoms with van der Waals surface area (Å²) < 4.78 is 12.9. The van der Waals surface area contributed by atoms with E-state index in [4.69, 9.17) is 5.73 Å². The Morgan fingerprint density at radius 3 is 2.56 bits per heavy atom. The van der Waals surface area contributed by atoms with Gasteiger partial charge < -0.3 is 11.1 Å². The second-order valence-corrected chi connectivity index (χ2v) is 4.25. The van der Waals surface area contributed by atoms with Crippen molar-refractivity contribution < 1.29 is 9.18 Å². The lowest BCUT2D eigenvalue weighted by atomic mass is 9.96. The van der Waals surface area contributed by atoms with Gasteiger partial charge in [0.25, 0.3) is 5.91 Å². The molecule has 0 aliphatic carbocycles. The number of fused-ring (bicyclic) bond motifs is 1. The lowest BCUT2D eigenvalue weighted by molar-refractivity contribution is 0.0966. The lowest BCUT2D eigenvalue weighted by Crippen LogP contribution is -2.13. The first-order valence-electron chi connectivity index (χ1n) is 5.62.